The van der Waals surface area contributed by atoms with Crippen LogP contribution in [0, 0.1) is 6.92 Å². The molecular weight excluding hydrogens is 328 g/mol. The Morgan fingerprint density at radius 3 is 2.48 bits per heavy atom. The predicted molar refractivity (Wildman–Crippen MR) is 86.8 cm³/mol. The Kier molecular flexibility index (Phi) is 6.26. The van der Waals surface area contributed by atoms with E-state index in [1.807, 2.05) is 13.0 Å². The predicted octanol–water partition coefficient (Wildman–Crippen LogP) is -0.591. The summed E-state index contributed by atoms with van der Waals surface area (Å²) in [6.07, 6.45) is 3.30. The molecule has 0 unspecified atom stereocenters. The van der Waals surface area contributed by atoms with Crippen LogP contribution < -0.4 is 10.6 Å². The number of carbonyl (C=O) groups is 3. The summed E-state index contributed by atoms with van der Waals surface area (Å²) in [7, 11) is 0. The molecule has 0 aliphatic rings. The number of aromatic nitrogens is 4. The lowest BCUT2D eigenvalue weighted by Gasteiger charge is -2.08. The van der Waals surface area contributed by atoms with Crippen molar-refractivity contribution >= 4 is 17.8 Å². The van der Waals surface area contributed by atoms with Crippen molar-refractivity contribution in [3.05, 3.63) is 35.9 Å². The van der Waals surface area contributed by atoms with Crippen molar-refractivity contribution in [3.8, 4) is 0 Å². The van der Waals surface area contributed by atoms with Gasteiger partial charge in [0.1, 0.15) is 6.54 Å². The number of rotatable bonds is 9. The third-order valence-electron chi connectivity index (χ3n) is 3.42. The van der Waals surface area contributed by atoms with Gasteiger partial charge in [-0.25, -0.2) is 4.79 Å². The number of aromatic carboxylic acids is 1. The van der Waals surface area contributed by atoms with E-state index in [1.54, 1.807) is 10.9 Å². The molecule has 3 N–H and O–H groups in total. The molecule has 2 heterocycles. The van der Waals surface area contributed by atoms with Crippen LogP contribution in [0.3, 0.4) is 0 Å². The van der Waals surface area contributed by atoms with Crippen LogP contribution in [-0.2, 0) is 22.7 Å². The fourth-order valence-corrected chi connectivity index (χ4v) is 2.06. The van der Waals surface area contributed by atoms with Crippen LogP contribution >= 0.6 is 0 Å². The van der Waals surface area contributed by atoms with Crippen LogP contribution in [0.25, 0.3) is 0 Å². The van der Waals surface area contributed by atoms with Crippen molar-refractivity contribution < 1.29 is 19.5 Å². The normalized spacial score (nSPS) is 10.4. The van der Waals surface area contributed by atoms with Gasteiger partial charge in [-0.2, -0.15) is 10.2 Å². The smallest absolute Gasteiger partial charge is 0.356 e. The average molecular weight is 348 g/mol. The zero-order valence-corrected chi connectivity index (χ0v) is 13.8. The molecule has 134 valence electrons. The summed E-state index contributed by atoms with van der Waals surface area (Å²) in [4.78, 5) is 34.1. The van der Waals surface area contributed by atoms with Gasteiger partial charge in [-0.1, -0.05) is 0 Å². The molecule has 0 fully saturated rings. The van der Waals surface area contributed by atoms with E-state index in [2.05, 4.69) is 20.8 Å². The molecule has 0 atom stereocenters. The van der Waals surface area contributed by atoms with Crippen molar-refractivity contribution in [1.29, 1.82) is 0 Å². The zero-order chi connectivity index (χ0) is 18.2. The number of carboxylic acid groups (broad SMARTS) is 1. The highest BCUT2D eigenvalue weighted by atomic mass is 16.4. The van der Waals surface area contributed by atoms with Gasteiger partial charge >= 0.3 is 5.97 Å². The second-order valence-electron chi connectivity index (χ2n) is 5.35. The number of nitrogens with one attached hydrogen (secondary N) is 2. The lowest BCUT2D eigenvalue weighted by molar-refractivity contribution is -0.123. The fraction of sp³-hybridized carbons (Fsp3) is 0.400. The van der Waals surface area contributed by atoms with Crippen molar-refractivity contribution in [2.24, 2.45) is 0 Å². The lowest BCUT2D eigenvalue weighted by atomic mass is 10.4. The third kappa shape index (κ3) is 5.75. The zero-order valence-electron chi connectivity index (χ0n) is 13.8. The van der Waals surface area contributed by atoms with Crippen molar-refractivity contribution in [1.82, 2.24) is 30.2 Å². The highest BCUT2D eigenvalue weighted by molar-refractivity contribution is 5.85. The fourth-order valence-electron chi connectivity index (χ4n) is 2.06. The minimum absolute atomic E-state index is 0.0597. The molecule has 0 aromatic carbocycles. The van der Waals surface area contributed by atoms with Crippen molar-refractivity contribution in [3.63, 3.8) is 0 Å². The van der Waals surface area contributed by atoms with Gasteiger partial charge in [0.15, 0.2) is 5.69 Å². The van der Waals surface area contributed by atoms with Gasteiger partial charge in [0, 0.05) is 44.1 Å². The molecule has 0 saturated heterocycles. The molecule has 10 heteroatoms. The first-order valence-corrected chi connectivity index (χ1v) is 7.74. The molecule has 2 aromatic heterocycles. The standard InChI is InChI=1S/C15H20N6O4/c1-11-2-5-18-21(11)10-14(23)17-7-6-16-13(22)4-9-20-8-3-12(19-20)15(24)25/h2-3,5,8H,4,6-7,9-10H2,1H3,(H,16,22)(H,17,23)(H,24,25). The Bertz CT molecular complexity index is 751. The van der Waals surface area contributed by atoms with Crippen LogP contribution in [0.1, 0.15) is 22.6 Å². The molecule has 0 saturated carbocycles. The minimum atomic E-state index is -1.11. The molecule has 25 heavy (non-hydrogen) atoms. The summed E-state index contributed by atoms with van der Waals surface area (Å²) >= 11 is 0. The molecule has 2 aromatic rings. The minimum Gasteiger partial charge on any atom is -0.476 e. The van der Waals surface area contributed by atoms with Crippen LogP contribution in [0.15, 0.2) is 24.5 Å². The number of carbonyl (C=O) groups excluding carboxylic acids is 2. The van der Waals surface area contributed by atoms with Gasteiger partial charge in [-0.3, -0.25) is 19.0 Å². The van der Waals surface area contributed by atoms with Gasteiger partial charge in [0.25, 0.3) is 0 Å². The molecule has 10 nitrogen and oxygen atoms in total. The highest BCUT2D eigenvalue weighted by Gasteiger charge is 2.08. The molecular formula is C15H20N6O4. The molecule has 0 aliphatic heterocycles. The van der Waals surface area contributed by atoms with E-state index in [9.17, 15) is 14.4 Å². The van der Waals surface area contributed by atoms with Crippen molar-refractivity contribution in [2.75, 3.05) is 13.1 Å². The maximum absolute atomic E-state index is 11.7. The van der Waals surface area contributed by atoms with E-state index < -0.39 is 5.97 Å². The Hall–Kier alpha value is -3.17. The molecule has 2 amide bonds. The van der Waals surface area contributed by atoms with Gasteiger partial charge in [0.2, 0.25) is 11.8 Å². The number of nitrogens with zero attached hydrogens (tertiary/aromatic N) is 4. The molecule has 0 radical (unpaired) electrons. The van der Waals surface area contributed by atoms with Crippen LogP contribution in [0.4, 0.5) is 0 Å². The maximum Gasteiger partial charge on any atom is 0.356 e. The summed E-state index contributed by atoms with van der Waals surface area (Å²) in [6, 6.07) is 3.18. The first-order valence-electron chi connectivity index (χ1n) is 7.74. The molecule has 0 spiro atoms. The van der Waals surface area contributed by atoms with Crippen LogP contribution in [0.5, 0.6) is 0 Å². The molecule has 0 bridgehead atoms. The van der Waals surface area contributed by atoms with E-state index in [4.69, 9.17) is 5.11 Å². The Morgan fingerprint density at radius 1 is 1.16 bits per heavy atom. The Balaban J connectivity index is 1.59. The first kappa shape index (κ1) is 18.2. The van der Waals surface area contributed by atoms with E-state index in [1.165, 1.54) is 16.9 Å². The number of hydrogen-bond acceptors (Lipinski definition) is 5. The summed E-state index contributed by atoms with van der Waals surface area (Å²) in [6.45, 7) is 2.90. The van der Waals surface area contributed by atoms with Crippen LogP contribution in [0.2, 0.25) is 0 Å². The van der Waals surface area contributed by atoms with Crippen LogP contribution in [-0.4, -0.2) is 55.5 Å². The second kappa shape index (κ2) is 8.62. The second-order valence-corrected chi connectivity index (χ2v) is 5.35. The number of carboxylic acids is 1. The molecule has 2 rings (SSSR count). The van der Waals surface area contributed by atoms with E-state index >= 15 is 0 Å². The van der Waals surface area contributed by atoms with Gasteiger partial charge in [0.05, 0.1) is 0 Å². The van der Waals surface area contributed by atoms with Gasteiger partial charge < -0.3 is 15.7 Å². The largest absolute Gasteiger partial charge is 0.476 e. The lowest BCUT2D eigenvalue weighted by Crippen LogP contribution is -2.36. The van der Waals surface area contributed by atoms with E-state index in [0.717, 1.165) is 5.69 Å². The monoisotopic (exact) mass is 348 g/mol. The summed E-state index contributed by atoms with van der Waals surface area (Å²) in [5, 5.41) is 22.0. The SMILES string of the molecule is Cc1ccnn1CC(=O)NCCNC(=O)CCn1ccc(C(=O)O)n1. The summed E-state index contributed by atoms with van der Waals surface area (Å²) in [5.41, 5.74) is 0.837. The number of hydrogen-bond donors (Lipinski definition) is 3. The topological polar surface area (TPSA) is 131 Å². The Morgan fingerprint density at radius 2 is 1.88 bits per heavy atom. The summed E-state index contributed by atoms with van der Waals surface area (Å²) in [5.74, 6) is -1.49. The summed E-state index contributed by atoms with van der Waals surface area (Å²) < 4.78 is 2.99. The number of amides is 2. The highest BCUT2D eigenvalue weighted by Crippen LogP contribution is 1.97. The maximum atomic E-state index is 11.7. The quantitative estimate of drug-likeness (QED) is 0.519. The van der Waals surface area contributed by atoms with Gasteiger partial charge in [-0.05, 0) is 19.1 Å². The third-order valence-corrected chi connectivity index (χ3v) is 3.42. The molecule has 0 aliphatic carbocycles. The van der Waals surface area contributed by atoms with Crippen molar-refractivity contribution in [2.45, 2.75) is 26.4 Å². The average Bonchev–Trinajstić information content (AvgIpc) is 3.19. The van der Waals surface area contributed by atoms with Gasteiger partial charge in [-0.15, -0.1) is 0 Å². The first-order chi connectivity index (χ1) is 12.0. The Labute approximate surface area is 143 Å². The number of aryl methyl sites for hydroxylation is 2. The van der Waals surface area contributed by atoms with E-state index in [-0.39, 0.29) is 37.0 Å². The van der Waals surface area contributed by atoms with E-state index in [0.29, 0.717) is 13.1 Å².